The van der Waals surface area contributed by atoms with E-state index in [2.05, 4.69) is 35.9 Å². The number of nitrogen functional groups attached to an aromatic ring is 1. The second kappa shape index (κ2) is 3.87. The van der Waals surface area contributed by atoms with Gasteiger partial charge in [0.1, 0.15) is 0 Å². The zero-order chi connectivity index (χ0) is 12.8. The molecule has 0 atom stereocenters. The molecular formula is C15H19N3. The van der Waals surface area contributed by atoms with Crippen LogP contribution >= 0.6 is 0 Å². The third kappa shape index (κ3) is 1.62. The van der Waals surface area contributed by atoms with Gasteiger partial charge in [-0.05, 0) is 38.8 Å². The fourth-order valence-electron chi connectivity index (χ4n) is 2.97. The monoisotopic (exact) mass is 241 g/mol. The molecule has 1 aromatic carbocycles. The molecule has 94 valence electrons. The molecule has 3 heteroatoms. The lowest BCUT2D eigenvalue weighted by atomic mass is 10.0. The summed E-state index contributed by atoms with van der Waals surface area (Å²) in [5.41, 5.74) is 9.16. The minimum atomic E-state index is 0.221. The molecule has 0 unspecified atom stereocenters. The fraction of sp³-hybridized carbons (Fsp3) is 0.400. The molecule has 0 saturated carbocycles. The Bertz CT molecular complexity index is 589. The van der Waals surface area contributed by atoms with Crippen molar-refractivity contribution in [1.29, 1.82) is 0 Å². The molecule has 1 aliphatic rings. The van der Waals surface area contributed by atoms with E-state index in [1.807, 2.05) is 18.3 Å². The first-order valence-corrected chi connectivity index (χ1v) is 6.50. The van der Waals surface area contributed by atoms with Gasteiger partial charge < -0.3 is 10.6 Å². The van der Waals surface area contributed by atoms with Crippen LogP contribution in [0.3, 0.4) is 0 Å². The Balaban J connectivity index is 2.21. The predicted molar refractivity (Wildman–Crippen MR) is 76.8 cm³/mol. The number of aromatic nitrogens is 1. The number of hydrogen-bond donors (Lipinski definition) is 1. The van der Waals surface area contributed by atoms with Crippen LogP contribution in [-0.2, 0) is 0 Å². The van der Waals surface area contributed by atoms with Gasteiger partial charge in [-0.3, -0.25) is 4.98 Å². The molecule has 0 bridgehead atoms. The van der Waals surface area contributed by atoms with Gasteiger partial charge in [-0.15, -0.1) is 0 Å². The zero-order valence-electron chi connectivity index (χ0n) is 11.0. The third-order valence-electron chi connectivity index (χ3n) is 3.97. The topological polar surface area (TPSA) is 42.2 Å². The van der Waals surface area contributed by atoms with E-state index in [1.165, 1.54) is 18.5 Å². The van der Waals surface area contributed by atoms with Gasteiger partial charge in [0.05, 0.1) is 11.2 Å². The fourth-order valence-corrected chi connectivity index (χ4v) is 2.97. The van der Waals surface area contributed by atoms with E-state index in [-0.39, 0.29) is 5.54 Å². The molecule has 0 spiro atoms. The number of benzene rings is 1. The van der Waals surface area contributed by atoms with Crippen molar-refractivity contribution in [2.24, 2.45) is 0 Å². The van der Waals surface area contributed by atoms with Gasteiger partial charge in [-0.2, -0.15) is 0 Å². The van der Waals surface area contributed by atoms with Crippen molar-refractivity contribution in [1.82, 2.24) is 4.98 Å². The number of anilines is 2. The highest BCUT2D eigenvalue weighted by Crippen LogP contribution is 2.37. The Labute approximate surface area is 108 Å². The maximum Gasteiger partial charge on any atom is 0.0951 e. The minimum absolute atomic E-state index is 0.221. The summed E-state index contributed by atoms with van der Waals surface area (Å²) >= 11 is 0. The number of rotatable bonds is 1. The molecule has 2 heterocycles. The maximum atomic E-state index is 6.01. The van der Waals surface area contributed by atoms with Crippen molar-refractivity contribution in [2.75, 3.05) is 17.2 Å². The van der Waals surface area contributed by atoms with Crippen LogP contribution in [0.4, 0.5) is 11.4 Å². The maximum absolute atomic E-state index is 6.01. The summed E-state index contributed by atoms with van der Waals surface area (Å²) in [6.45, 7) is 5.72. The van der Waals surface area contributed by atoms with Crippen molar-refractivity contribution in [3.63, 3.8) is 0 Å². The molecule has 0 amide bonds. The van der Waals surface area contributed by atoms with E-state index in [9.17, 15) is 0 Å². The van der Waals surface area contributed by atoms with Gasteiger partial charge in [0.25, 0.3) is 0 Å². The van der Waals surface area contributed by atoms with E-state index in [0.717, 1.165) is 23.1 Å². The zero-order valence-corrected chi connectivity index (χ0v) is 11.0. The van der Waals surface area contributed by atoms with Gasteiger partial charge >= 0.3 is 0 Å². The molecule has 1 fully saturated rings. The van der Waals surface area contributed by atoms with Gasteiger partial charge in [0.2, 0.25) is 0 Å². The van der Waals surface area contributed by atoms with Gasteiger partial charge in [0.15, 0.2) is 0 Å². The van der Waals surface area contributed by atoms with Crippen LogP contribution in [0.15, 0.2) is 30.5 Å². The van der Waals surface area contributed by atoms with Crippen LogP contribution in [0.25, 0.3) is 10.9 Å². The Kier molecular flexibility index (Phi) is 2.44. The van der Waals surface area contributed by atoms with Crippen molar-refractivity contribution in [3.8, 4) is 0 Å². The highest BCUT2D eigenvalue weighted by molar-refractivity contribution is 5.98. The van der Waals surface area contributed by atoms with E-state index >= 15 is 0 Å². The van der Waals surface area contributed by atoms with Crippen LogP contribution in [0, 0.1) is 0 Å². The quantitative estimate of drug-likeness (QED) is 0.780. The molecule has 0 aliphatic carbocycles. The largest absolute Gasteiger partial charge is 0.397 e. The molecule has 1 aromatic heterocycles. The SMILES string of the molecule is CC1(C)CCCN1c1ccnc2c(N)cccc12. The summed E-state index contributed by atoms with van der Waals surface area (Å²) in [5.74, 6) is 0. The normalized spacial score (nSPS) is 18.4. The Morgan fingerprint density at radius 3 is 2.83 bits per heavy atom. The van der Waals surface area contributed by atoms with E-state index in [1.54, 1.807) is 0 Å². The number of nitrogens with zero attached hydrogens (tertiary/aromatic N) is 2. The highest BCUT2D eigenvalue weighted by Gasteiger charge is 2.32. The summed E-state index contributed by atoms with van der Waals surface area (Å²) in [7, 11) is 0. The Hall–Kier alpha value is -1.77. The number of pyridine rings is 1. The predicted octanol–water partition coefficient (Wildman–Crippen LogP) is 3.20. The summed E-state index contributed by atoms with van der Waals surface area (Å²) < 4.78 is 0. The van der Waals surface area contributed by atoms with Gasteiger partial charge in [-0.1, -0.05) is 12.1 Å². The van der Waals surface area contributed by atoms with Gasteiger partial charge in [0, 0.05) is 29.4 Å². The summed E-state index contributed by atoms with van der Waals surface area (Å²) in [6.07, 6.45) is 4.35. The molecule has 2 aromatic rings. The second-order valence-corrected chi connectivity index (χ2v) is 5.64. The lowest BCUT2D eigenvalue weighted by molar-refractivity contribution is 0.519. The van der Waals surface area contributed by atoms with Crippen LogP contribution in [0.2, 0.25) is 0 Å². The lowest BCUT2D eigenvalue weighted by Gasteiger charge is -2.34. The van der Waals surface area contributed by atoms with Crippen molar-refractivity contribution < 1.29 is 0 Å². The first kappa shape index (κ1) is 11.3. The minimum Gasteiger partial charge on any atom is -0.397 e. The number of nitrogens with two attached hydrogens (primary N) is 1. The average Bonchev–Trinajstić information content (AvgIpc) is 2.69. The average molecular weight is 241 g/mol. The van der Waals surface area contributed by atoms with Crippen LogP contribution in [0.1, 0.15) is 26.7 Å². The molecule has 18 heavy (non-hydrogen) atoms. The summed E-state index contributed by atoms with van der Waals surface area (Å²) in [4.78, 5) is 6.89. The molecule has 2 N–H and O–H groups in total. The first-order chi connectivity index (χ1) is 8.59. The van der Waals surface area contributed by atoms with E-state index in [0.29, 0.717) is 0 Å². The third-order valence-corrected chi connectivity index (χ3v) is 3.97. The highest BCUT2D eigenvalue weighted by atomic mass is 15.2. The van der Waals surface area contributed by atoms with Gasteiger partial charge in [-0.25, -0.2) is 0 Å². The lowest BCUT2D eigenvalue weighted by Crippen LogP contribution is -2.38. The second-order valence-electron chi connectivity index (χ2n) is 5.64. The van der Waals surface area contributed by atoms with Crippen LogP contribution in [0.5, 0.6) is 0 Å². The van der Waals surface area contributed by atoms with E-state index < -0.39 is 0 Å². The molecule has 3 nitrogen and oxygen atoms in total. The standard InChI is InChI=1S/C15H19N3/c1-15(2)8-4-10-18(15)13-7-9-17-14-11(13)5-3-6-12(14)16/h3,5-7,9H,4,8,10,16H2,1-2H3. The summed E-state index contributed by atoms with van der Waals surface area (Å²) in [5, 5.41) is 1.16. The van der Waals surface area contributed by atoms with E-state index in [4.69, 9.17) is 5.73 Å². The molecular weight excluding hydrogens is 222 g/mol. The van der Waals surface area contributed by atoms with Crippen molar-refractivity contribution >= 4 is 22.3 Å². The number of fused-ring (bicyclic) bond motifs is 1. The molecule has 0 radical (unpaired) electrons. The van der Waals surface area contributed by atoms with Crippen molar-refractivity contribution in [3.05, 3.63) is 30.5 Å². The molecule has 1 saturated heterocycles. The Morgan fingerprint density at radius 2 is 2.11 bits per heavy atom. The summed E-state index contributed by atoms with van der Waals surface area (Å²) in [6, 6.07) is 8.14. The Morgan fingerprint density at radius 1 is 1.28 bits per heavy atom. The van der Waals surface area contributed by atoms with Crippen LogP contribution in [-0.4, -0.2) is 17.1 Å². The smallest absolute Gasteiger partial charge is 0.0951 e. The number of para-hydroxylation sites is 1. The number of hydrogen-bond acceptors (Lipinski definition) is 3. The van der Waals surface area contributed by atoms with Crippen molar-refractivity contribution in [2.45, 2.75) is 32.2 Å². The first-order valence-electron chi connectivity index (χ1n) is 6.50. The van der Waals surface area contributed by atoms with Crippen LogP contribution < -0.4 is 10.6 Å². The molecule has 3 rings (SSSR count). The molecule has 1 aliphatic heterocycles.